The van der Waals surface area contributed by atoms with Crippen molar-refractivity contribution in [1.82, 2.24) is 4.90 Å². The van der Waals surface area contributed by atoms with Crippen LogP contribution in [0.1, 0.15) is 36.2 Å². The van der Waals surface area contributed by atoms with Gasteiger partial charge in [-0.15, -0.1) is 0 Å². The SMILES string of the molecule is Cc1cc(N)ccc1C(=O)N(CCCO)C(C)C. The third-order valence-electron chi connectivity index (χ3n) is 2.92. The highest BCUT2D eigenvalue weighted by atomic mass is 16.3. The molecular formula is C14H22N2O2. The van der Waals surface area contributed by atoms with Crippen LogP contribution in [0.2, 0.25) is 0 Å². The highest BCUT2D eigenvalue weighted by Gasteiger charge is 2.19. The van der Waals surface area contributed by atoms with E-state index in [0.717, 1.165) is 5.56 Å². The van der Waals surface area contributed by atoms with Crippen LogP contribution in [0.25, 0.3) is 0 Å². The van der Waals surface area contributed by atoms with Gasteiger partial charge in [-0.2, -0.15) is 0 Å². The van der Waals surface area contributed by atoms with Gasteiger partial charge in [-0.25, -0.2) is 0 Å². The molecule has 0 aliphatic rings. The fraction of sp³-hybridized carbons (Fsp3) is 0.500. The van der Waals surface area contributed by atoms with E-state index in [1.807, 2.05) is 20.8 Å². The van der Waals surface area contributed by atoms with Gasteiger partial charge in [0.05, 0.1) is 0 Å². The van der Waals surface area contributed by atoms with E-state index in [1.165, 1.54) is 0 Å². The fourth-order valence-electron chi connectivity index (χ4n) is 1.92. The van der Waals surface area contributed by atoms with Crippen molar-refractivity contribution in [2.24, 2.45) is 0 Å². The van der Waals surface area contributed by atoms with E-state index in [2.05, 4.69) is 0 Å². The molecule has 0 aliphatic heterocycles. The van der Waals surface area contributed by atoms with Crippen LogP contribution in [0.15, 0.2) is 18.2 Å². The molecule has 0 heterocycles. The van der Waals surface area contributed by atoms with Crippen molar-refractivity contribution in [2.75, 3.05) is 18.9 Å². The van der Waals surface area contributed by atoms with Crippen molar-refractivity contribution in [3.63, 3.8) is 0 Å². The maximum Gasteiger partial charge on any atom is 0.254 e. The minimum Gasteiger partial charge on any atom is -0.399 e. The zero-order valence-electron chi connectivity index (χ0n) is 11.3. The molecule has 0 saturated carbocycles. The maximum absolute atomic E-state index is 12.4. The number of aryl methyl sites for hydroxylation is 1. The summed E-state index contributed by atoms with van der Waals surface area (Å²) < 4.78 is 0. The first-order chi connectivity index (χ1) is 8.47. The molecule has 1 amide bonds. The molecule has 0 aliphatic carbocycles. The number of nitrogen functional groups attached to an aromatic ring is 1. The van der Waals surface area contributed by atoms with E-state index in [9.17, 15) is 4.79 Å². The molecule has 1 aromatic rings. The summed E-state index contributed by atoms with van der Waals surface area (Å²) in [6.45, 7) is 6.49. The summed E-state index contributed by atoms with van der Waals surface area (Å²) in [6, 6.07) is 5.42. The van der Waals surface area contributed by atoms with Crippen molar-refractivity contribution in [1.29, 1.82) is 0 Å². The molecule has 0 atom stereocenters. The Hall–Kier alpha value is -1.55. The Morgan fingerprint density at radius 1 is 1.44 bits per heavy atom. The first-order valence-corrected chi connectivity index (χ1v) is 6.25. The second-order valence-electron chi connectivity index (χ2n) is 4.74. The van der Waals surface area contributed by atoms with Crippen molar-refractivity contribution >= 4 is 11.6 Å². The van der Waals surface area contributed by atoms with Gasteiger partial charge in [0.1, 0.15) is 0 Å². The van der Waals surface area contributed by atoms with Crippen LogP contribution in [-0.4, -0.2) is 35.1 Å². The normalized spacial score (nSPS) is 10.7. The number of benzene rings is 1. The highest BCUT2D eigenvalue weighted by Crippen LogP contribution is 2.16. The number of hydrogen-bond acceptors (Lipinski definition) is 3. The molecule has 1 rings (SSSR count). The summed E-state index contributed by atoms with van der Waals surface area (Å²) in [5, 5.41) is 8.89. The van der Waals surface area contributed by atoms with Gasteiger partial charge in [-0.3, -0.25) is 4.79 Å². The number of nitrogens with two attached hydrogens (primary N) is 1. The van der Waals surface area contributed by atoms with Crippen molar-refractivity contribution < 1.29 is 9.90 Å². The van der Waals surface area contributed by atoms with Gasteiger partial charge >= 0.3 is 0 Å². The van der Waals surface area contributed by atoms with Gasteiger partial charge < -0.3 is 15.7 Å². The average molecular weight is 250 g/mol. The van der Waals surface area contributed by atoms with Crippen molar-refractivity contribution in [2.45, 2.75) is 33.2 Å². The standard InChI is InChI=1S/C14H22N2O2/c1-10(2)16(7-4-8-17)14(18)13-6-5-12(15)9-11(13)3/h5-6,9-10,17H,4,7-8,15H2,1-3H3. The van der Waals surface area contributed by atoms with Crippen LogP contribution < -0.4 is 5.73 Å². The summed E-state index contributed by atoms with van der Waals surface area (Å²) in [5.74, 6) is -0.00375. The molecule has 4 nitrogen and oxygen atoms in total. The molecular weight excluding hydrogens is 228 g/mol. The monoisotopic (exact) mass is 250 g/mol. The summed E-state index contributed by atoms with van der Waals surface area (Å²) in [5.41, 5.74) is 7.91. The van der Waals surface area contributed by atoms with Gasteiger partial charge in [0, 0.05) is 30.4 Å². The average Bonchev–Trinajstić information content (AvgIpc) is 2.28. The lowest BCUT2D eigenvalue weighted by Crippen LogP contribution is -2.38. The molecule has 0 saturated heterocycles. The number of rotatable bonds is 5. The van der Waals surface area contributed by atoms with E-state index >= 15 is 0 Å². The van der Waals surface area contributed by atoms with Gasteiger partial charge in [0.15, 0.2) is 0 Å². The minimum absolute atomic E-state index is 0.00375. The first-order valence-electron chi connectivity index (χ1n) is 6.25. The van der Waals surface area contributed by atoms with Gasteiger partial charge in [0.2, 0.25) is 0 Å². The van der Waals surface area contributed by atoms with Crippen LogP contribution in [-0.2, 0) is 0 Å². The molecule has 0 fully saturated rings. The highest BCUT2D eigenvalue weighted by molar-refractivity contribution is 5.96. The van der Waals surface area contributed by atoms with Crippen molar-refractivity contribution in [3.8, 4) is 0 Å². The number of anilines is 1. The molecule has 0 radical (unpaired) electrons. The third-order valence-corrected chi connectivity index (χ3v) is 2.92. The van der Waals surface area contributed by atoms with E-state index < -0.39 is 0 Å². The lowest BCUT2D eigenvalue weighted by atomic mass is 10.1. The molecule has 18 heavy (non-hydrogen) atoms. The smallest absolute Gasteiger partial charge is 0.254 e. The summed E-state index contributed by atoms with van der Waals surface area (Å²) in [4.78, 5) is 14.2. The number of nitrogens with zero attached hydrogens (tertiary/aromatic N) is 1. The lowest BCUT2D eigenvalue weighted by molar-refractivity contribution is 0.0692. The Labute approximate surface area is 108 Å². The fourth-order valence-corrected chi connectivity index (χ4v) is 1.92. The van der Waals surface area contributed by atoms with Crippen LogP contribution in [0.3, 0.4) is 0 Å². The quantitative estimate of drug-likeness (QED) is 0.783. The minimum atomic E-state index is -0.00375. The number of carbonyl (C=O) groups is 1. The summed E-state index contributed by atoms with van der Waals surface area (Å²) in [6.07, 6.45) is 0.595. The predicted octanol–water partition coefficient (Wildman–Crippen LogP) is 1.81. The summed E-state index contributed by atoms with van der Waals surface area (Å²) >= 11 is 0. The van der Waals surface area contributed by atoms with E-state index in [0.29, 0.717) is 24.2 Å². The van der Waals surface area contributed by atoms with Gasteiger partial charge in [-0.1, -0.05) is 0 Å². The second kappa shape index (κ2) is 6.40. The van der Waals surface area contributed by atoms with Crippen molar-refractivity contribution in [3.05, 3.63) is 29.3 Å². The molecule has 0 bridgehead atoms. The zero-order chi connectivity index (χ0) is 13.7. The number of amides is 1. The maximum atomic E-state index is 12.4. The molecule has 4 heteroatoms. The molecule has 100 valence electrons. The van der Waals surface area contributed by atoms with E-state index in [4.69, 9.17) is 10.8 Å². The Bertz CT molecular complexity index is 416. The number of hydrogen-bond donors (Lipinski definition) is 2. The molecule has 0 unspecified atom stereocenters. The van der Waals surface area contributed by atoms with Crippen LogP contribution in [0.5, 0.6) is 0 Å². The number of aliphatic hydroxyl groups excluding tert-OH is 1. The lowest BCUT2D eigenvalue weighted by Gasteiger charge is -2.27. The van der Waals surface area contributed by atoms with Gasteiger partial charge in [-0.05, 0) is 51.0 Å². The van der Waals surface area contributed by atoms with Crippen LogP contribution in [0, 0.1) is 6.92 Å². The Morgan fingerprint density at radius 2 is 2.11 bits per heavy atom. The molecule has 0 aromatic heterocycles. The molecule has 3 N–H and O–H groups in total. The Balaban J connectivity index is 2.94. The summed E-state index contributed by atoms with van der Waals surface area (Å²) in [7, 11) is 0. The zero-order valence-corrected chi connectivity index (χ0v) is 11.3. The number of carbonyl (C=O) groups excluding carboxylic acids is 1. The second-order valence-corrected chi connectivity index (χ2v) is 4.74. The first kappa shape index (κ1) is 14.5. The molecule has 0 spiro atoms. The predicted molar refractivity (Wildman–Crippen MR) is 73.5 cm³/mol. The topological polar surface area (TPSA) is 66.6 Å². The molecule has 1 aromatic carbocycles. The Kier molecular flexibility index (Phi) is 5.16. The van der Waals surface area contributed by atoms with E-state index in [-0.39, 0.29) is 18.6 Å². The van der Waals surface area contributed by atoms with Crippen LogP contribution >= 0.6 is 0 Å². The largest absolute Gasteiger partial charge is 0.399 e. The Morgan fingerprint density at radius 3 is 2.61 bits per heavy atom. The van der Waals surface area contributed by atoms with Gasteiger partial charge in [0.25, 0.3) is 5.91 Å². The third kappa shape index (κ3) is 3.47. The van der Waals surface area contributed by atoms with E-state index in [1.54, 1.807) is 23.1 Å². The number of aliphatic hydroxyl groups is 1. The van der Waals surface area contributed by atoms with Crippen LogP contribution in [0.4, 0.5) is 5.69 Å².